The summed E-state index contributed by atoms with van der Waals surface area (Å²) in [5.74, 6) is 0.879. The highest BCUT2D eigenvalue weighted by molar-refractivity contribution is 9.10. The Hall–Kier alpha value is -2.00. The number of aromatic nitrogens is 1. The van der Waals surface area contributed by atoms with Crippen LogP contribution in [0.2, 0.25) is 0 Å². The summed E-state index contributed by atoms with van der Waals surface area (Å²) in [5, 5.41) is 0. The fourth-order valence-electron chi connectivity index (χ4n) is 2.81. The van der Waals surface area contributed by atoms with E-state index in [9.17, 15) is 0 Å². The second-order valence-corrected chi connectivity index (χ2v) is 6.42. The normalized spacial score (nSPS) is 10.7. The molecule has 1 aromatic heterocycles. The molecule has 0 bridgehead atoms. The molecule has 118 valence electrons. The van der Waals surface area contributed by atoms with Crippen molar-refractivity contribution in [1.29, 1.82) is 0 Å². The van der Waals surface area contributed by atoms with Crippen LogP contribution in [0.25, 0.3) is 16.9 Å². The summed E-state index contributed by atoms with van der Waals surface area (Å²) in [4.78, 5) is 0. The van der Waals surface area contributed by atoms with E-state index >= 15 is 0 Å². The molecule has 0 fully saturated rings. The van der Waals surface area contributed by atoms with E-state index in [2.05, 4.69) is 76.0 Å². The Morgan fingerprint density at radius 2 is 1.61 bits per heavy atom. The first-order valence-corrected chi connectivity index (χ1v) is 8.63. The SMILES string of the molecule is CCCc1ccc(-c2ccc(OC)cc2)n1-c1ccc(Br)cc1. The Bertz CT molecular complexity index is 772. The molecular formula is C20H20BrNO. The van der Waals surface area contributed by atoms with Crippen LogP contribution in [0.5, 0.6) is 5.75 Å². The standard InChI is InChI=1S/C20H20BrNO/c1-3-4-17-11-14-20(15-5-12-19(23-2)13-6-15)22(17)18-9-7-16(21)8-10-18/h5-14H,3-4H2,1-2H3. The van der Waals surface area contributed by atoms with Crippen LogP contribution in [0, 0.1) is 0 Å². The van der Waals surface area contributed by atoms with Gasteiger partial charge in [0.1, 0.15) is 5.75 Å². The van der Waals surface area contributed by atoms with Crippen molar-refractivity contribution in [1.82, 2.24) is 4.57 Å². The molecule has 23 heavy (non-hydrogen) atoms. The van der Waals surface area contributed by atoms with Crippen molar-refractivity contribution in [2.45, 2.75) is 19.8 Å². The van der Waals surface area contributed by atoms with E-state index in [1.54, 1.807) is 7.11 Å². The van der Waals surface area contributed by atoms with Crippen molar-refractivity contribution in [3.63, 3.8) is 0 Å². The number of benzene rings is 2. The molecule has 0 N–H and O–H groups in total. The Labute approximate surface area is 145 Å². The van der Waals surface area contributed by atoms with Gasteiger partial charge in [-0.1, -0.05) is 29.3 Å². The van der Waals surface area contributed by atoms with Gasteiger partial charge in [0.25, 0.3) is 0 Å². The molecule has 0 spiro atoms. The van der Waals surface area contributed by atoms with Gasteiger partial charge in [0, 0.05) is 15.9 Å². The van der Waals surface area contributed by atoms with Gasteiger partial charge in [-0.2, -0.15) is 0 Å². The largest absolute Gasteiger partial charge is 0.497 e. The van der Waals surface area contributed by atoms with Crippen molar-refractivity contribution >= 4 is 15.9 Å². The summed E-state index contributed by atoms with van der Waals surface area (Å²) >= 11 is 3.51. The second kappa shape index (κ2) is 7.05. The molecule has 3 rings (SSSR count). The number of ether oxygens (including phenoxy) is 1. The summed E-state index contributed by atoms with van der Waals surface area (Å²) in [7, 11) is 1.69. The zero-order valence-electron chi connectivity index (χ0n) is 13.4. The number of aryl methyl sites for hydroxylation is 1. The second-order valence-electron chi connectivity index (χ2n) is 5.50. The Balaban J connectivity index is 2.11. The minimum atomic E-state index is 0.879. The minimum absolute atomic E-state index is 0.879. The molecule has 0 aliphatic rings. The highest BCUT2D eigenvalue weighted by Gasteiger charge is 2.11. The van der Waals surface area contributed by atoms with Crippen molar-refractivity contribution in [2.24, 2.45) is 0 Å². The zero-order chi connectivity index (χ0) is 16.2. The van der Waals surface area contributed by atoms with Crippen LogP contribution in [0.4, 0.5) is 0 Å². The van der Waals surface area contributed by atoms with E-state index in [4.69, 9.17) is 4.74 Å². The topological polar surface area (TPSA) is 14.2 Å². The van der Waals surface area contributed by atoms with Crippen LogP contribution in [0.3, 0.4) is 0 Å². The van der Waals surface area contributed by atoms with Gasteiger partial charge in [-0.05, 0) is 72.6 Å². The van der Waals surface area contributed by atoms with Crippen molar-refractivity contribution in [3.05, 3.63) is 70.8 Å². The van der Waals surface area contributed by atoms with E-state index in [0.717, 1.165) is 23.1 Å². The van der Waals surface area contributed by atoms with Gasteiger partial charge in [-0.25, -0.2) is 0 Å². The van der Waals surface area contributed by atoms with E-state index < -0.39 is 0 Å². The monoisotopic (exact) mass is 369 g/mol. The first-order valence-electron chi connectivity index (χ1n) is 7.84. The lowest BCUT2D eigenvalue weighted by atomic mass is 10.1. The number of hydrogen-bond acceptors (Lipinski definition) is 1. The van der Waals surface area contributed by atoms with Gasteiger partial charge in [0.05, 0.1) is 12.8 Å². The lowest BCUT2D eigenvalue weighted by molar-refractivity contribution is 0.415. The van der Waals surface area contributed by atoms with Crippen molar-refractivity contribution < 1.29 is 4.74 Å². The highest BCUT2D eigenvalue weighted by Crippen LogP contribution is 2.29. The maximum absolute atomic E-state index is 5.26. The first kappa shape index (κ1) is 15.9. The molecule has 1 heterocycles. The molecular weight excluding hydrogens is 350 g/mol. The molecule has 0 aliphatic carbocycles. The predicted molar refractivity (Wildman–Crippen MR) is 99.5 cm³/mol. The average Bonchev–Trinajstić information content (AvgIpc) is 3.00. The maximum atomic E-state index is 5.26. The number of nitrogens with zero attached hydrogens (tertiary/aromatic N) is 1. The number of hydrogen-bond donors (Lipinski definition) is 0. The molecule has 0 amide bonds. The number of rotatable bonds is 5. The number of halogens is 1. The summed E-state index contributed by atoms with van der Waals surface area (Å²) in [6.45, 7) is 2.21. The molecule has 3 aromatic rings. The van der Waals surface area contributed by atoms with E-state index in [1.807, 2.05) is 12.1 Å². The van der Waals surface area contributed by atoms with Crippen LogP contribution in [-0.4, -0.2) is 11.7 Å². The van der Waals surface area contributed by atoms with Crippen LogP contribution in [-0.2, 0) is 6.42 Å². The zero-order valence-corrected chi connectivity index (χ0v) is 15.0. The lowest BCUT2D eigenvalue weighted by Crippen LogP contribution is -2.02. The third kappa shape index (κ3) is 3.35. The van der Waals surface area contributed by atoms with Crippen LogP contribution >= 0.6 is 15.9 Å². The van der Waals surface area contributed by atoms with Gasteiger partial charge >= 0.3 is 0 Å². The molecule has 0 unspecified atom stereocenters. The molecule has 0 aliphatic heterocycles. The molecule has 2 aromatic carbocycles. The molecule has 3 heteroatoms. The fraction of sp³-hybridized carbons (Fsp3) is 0.200. The molecule has 0 saturated carbocycles. The minimum Gasteiger partial charge on any atom is -0.497 e. The van der Waals surface area contributed by atoms with E-state index in [1.165, 1.54) is 22.6 Å². The molecule has 0 radical (unpaired) electrons. The Kier molecular flexibility index (Phi) is 4.87. The van der Waals surface area contributed by atoms with Gasteiger partial charge < -0.3 is 9.30 Å². The predicted octanol–water partition coefficient (Wildman–Crippen LogP) is 5.87. The Morgan fingerprint density at radius 3 is 2.22 bits per heavy atom. The van der Waals surface area contributed by atoms with Crippen LogP contribution < -0.4 is 4.74 Å². The first-order chi connectivity index (χ1) is 11.2. The quantitative estimate of drug-likeness (QED) is 0.548. The van der Waals surface area contributed by atoms with Gasteiger partial charge in [0.15, 0.2) is 0 Å². The van der Waals surface area contributed by atoms with Gasteiger partial charge in [-0.3, -0.25) is 0 Å². The average molecular weight is 370 g/mol. The summed E-state index contributed by atoms with van der Waals surface area (Å²) in [5.41, 5.74) is 4.92. The fourth-order valence-corrected chi connectivity index (χ4v) is 3.08. The van der Waals surface area contributed by atoms with E-state index in [0.29, 0.717) is 0 Å². The maximum Gasteiger partial charge on any atom is 0.118 e. The van der Waals surface area contributed by atoms with E-state index in [-0.39, 0.29) is 0 Å². The van der Waals surface area contributed by atoms with Crippen LogP contribution in [0.1, 0.15) is 19.0 Å². The lowest BCUT2D eigenvalue weighted by Gasteiger charge is -2.14. The van der Waals surface area contributed by atoms with Crippen molar-refractivity contribution in [3.8, 4) is 22.7 Å². The number of methoxy groups -OCH3 is 1. The molecule has 2 nitrogen and oxygen atoms in total. The van der Waals surface area contributed by atoms with Gasteiger partial charge in [-0.15, -0.1) is 0 Å². The summed E-state index contributed by atoms with van der Waals surface area (Å²) in [6.07, 6.45) is 2.19. The third-order valence-electron chi connectivity index (χ3n) is 3.94. The van der Waals surface area contributed by atoms with Gasteiger partial charge in [0.2, 0.25) is 0 Å². The highest BCUT2D eigenvalue weighted by atomic mass is 79.9. The third-order valence-corrected chi connectivity index (χ3v) is 4.47. The van der Waals surface area contributed by atoms with Crippen LogP contribution in [0.15, 0.2) is 65.1 Å². The molecule has 0 atom stereocenters. The smallest absolute Gasteiger partial charge is 0.118 e. The molecule has 0 saturated heterocycles. The van der Waals surface area contributed by atoms with Crippen molar-refractivity contribution in [2.75, 3.05) is 7.11 Å². The summed E-state index contributed by atoms with van der Waals surface area (Å²) < 4.78 is 8.70. The Morgan fingerprint density at radius 1 is 0.913 bits per heavy atom. The summed E-state index contributed by atoms with van der Waals surface area (Å²) in [6, 6.07) is 21.1.